The van der Waals surface area contributed by atoms with Crippen LogP contribution >= 0.6 is 23.2 Å². The Kier molecular flexibility index (Phi) is 5.90. The van der Waals surface area contributed by atoms with Crippen LogP contribution in [-0.4, -0.2) is 23.0 Å². The Balaban J connectivity index is 1.82. The number of rotatable bonds is 7. The molecular formula is C26H24Cl2N2O4. The van der Waals surface area contributed by atoms with Crippen molar-refractivity contribution in [1.82, 2.24) is 4.57 Å². The number of carbonyl (C=O) groups is 2. The summed E-state index contributed by atoms with van der Waals surface area (Å²) < 4.78 is 7.73. The number of hydrogen-bond donors (Lipinski definition) is 0. The molecule has 1 fully saturated rings. The summed E-state index contributed by atoms with van der Waals surface area (Å²) in [7, 11) is 0. The molecule has 5 rings (SSSR count). The maximum atomic E-state index is 13.7. The molecule has 1 aromatic heterocycles. The van der Waals surface area contributed by atoms with E-state index in [1.165, 1.54) is 10.6 Å². The molecule has 176 valence electrons. The fraction of sp³-hybridized carbons (Fsp3) is 0.346. The summed E-state index contributed by atoms with van der Waals surface area (Å²) in [5, 5.41) is 1.30. The van der Waals surface area contributed by atoms with Gasteiger partial charge in [-0.2, -0.15) is 0 Å². The highest BCUT2D eigenvalue weighted by atomic mass is 35.5. The van der Waals surface area contributed by atoms with Crippen LogP contribution in [0, 0.1) is 12.8 Å². The Hall–Kier alpha value is -2.83. The zero-order valence-corrected chi connectivity index (χ0v) is 20.5. The van der Waals surface area contributed by atoms with E-state index in [1.54, 1.807) is 31.2 Å². The minimum absolute atomic E-state index is 0.171. The van der Waals surface area contributed by atoms with Crippen molar-refractivity contribution in [2.75, 3.05) is 11.5 Å². The molecule has 0 bridgehead atoms. The third-order valence-corrected chi connectivity index (χ3v) is 7.18. The first-order valence-electron chi connectivity index (χ1n) is 11.5. The normalized spacial score (nSPS) is 15.4. The molecule has 0 spiro atoms. The number of aryl methyl sites for hydroxylation is 1. The molecule has 0 radical (unpaired) electrons. The minimum atomic E-state index is -0.465. The number of unbranched alkanes of at least 4 members (excludes halogenated alkanes) is 1. The van der Waals surface area contributed by atoms with Gasteiger partial charge in [-0.05, 0) is 55.9 Å². The number of fused-ring (bicyclic) bond motifs is 2. The summed E-state index contributed by atoms with van der Waals surface area (Å²) in [4.78, 5) is 42.0. The van der Waals surface area contributed by atoms with Crippen molar-refractivity contribution in [1.29, 1.82) is 0 Å². The van der Waals surface area contributed by atoms with Crippen LogP contribution in [0.3, 0.4) is 0 Å². The summed E-state index contributed by atoms with van der Waals surface area (Å²) in [5.41, 5.74) is 1.06. The van der Waals surface area contributed by atoms with Gasteiger partial charge in [0.2, 0.25) is 0 Å². The van der Waals surface area contributed by atoms with Crippen LogP contribution in [0.15, 0.2) is 35.1 Å². The summed E-state index contributed by atoms with van der Waals surface area (Å²) >= 11 is 12.6. The summed E-state index contributed by atoms with van der Waals surface area (Å²) in [5.74, 6) is -0.148. The summed E-state index contributed by atoms with van der Waals surface area (Å²) in [6.45, 7) is 4.59. The minimum Gasteiger partial charge on any atom is -0.489 e. The van der Waals surface area contributed by atoms with E-state index in [0.29, 0.717) is 52.3 Å². The molecule has 0 saturated heterocycles. The topological polar surface area (TPSA) is 68.6 Å². The number of aromatic nitrogens is 1. The van der Waals surface area contributed by atoms with Gasteiger partial charge in [-0.15, -0.1) is 0 Å². The van der Waals surface area contributed by atoms with E-state index < -0.39 is 11.8 Å². The molecule has 2 aromatic carbocycles. The first-order chi connectivity index (χ1) is 16.3. The number of anilines is 1. The number of imide groups is 1. The zero-order valence-electron chi connectivity index (χ0n) is 19.0. The molecule has 1 aliphatic heterocycles. The molecule has 3 aromatic rings. The second-order valence-corrected chi connectivity index (χ2v) is 9.78. The Morgan fingerprint density at radius 1 is 1.03 bits per heavy atom. The molecule has 6 nitrogen and oxygen atoms in total. The predicted octanol–water partition coefficient (Wildman–Crippen LogP) is 6.01. The lowest BCUT2D eigenvalue weighted by atomic mass is 10.0. The number of carbonyl (C=O) groups excluding carboxylic acids is 2. The lowest BCUT2D eigenvalue weighted by Crippen LogP contribution is -2.37. The SMILES string of the molecule is CCCCOc1c(N2C(=O)c3cccc(C)c3C2=O)n(CC2CC2)c(=O)c2cc(Cl)c(Cl)cc12. The fourth-order valence-electron chi connectivity index (χ4n) is 4.45. The van der Waals surface area contributed by atoms with Gasteiger partial charge in [-0.3, -0.25) is 19.0 Å². The van der Waals surface area contributed by atoms with Gasteiger partial charge < -0.3 is 4.74 Å². The van der Waals surface area contributed by atoms with Crippen molar-refractivity contribution in [3.63, 3.8) is 0 Å². The largest absolute Gasteiger partial charge is 0.489 e. The van der Waals surface area contributed by atoms with Crippen molar-refractivity contribution < 1.29 is 14.3 Å². The van der Waals surface area contributed by atoms with Gasteiger partial charge in [0, 0.05) is 11.9 Å². The molecule has 0 unspecified atom stereocenters. The lowest BCUT2D eigenvalue weighted by Gasteiger charge is -2.25. The number of amides is 2. The van der Waals surface area contributed by atoms with Crippen LogP contribution < -0.4 is 15.2 Å². The smallest absolute Gasteiger partial charge is 0.267 e. The number of halogens is 2. The van der Waals surface area contributed by atoms with E-state index in [0.717, 1.165) is 30.6 Å². The molecule has 1 saturated carbocycles. The highest BCUT2D eigenvalue weighted by molar-refractivity contribution is 6.43. The monoisotopic (exact) mass is 498 g/mol. The number of benzene rings is 2. The third kappa shape index (κ3) is 3.69. The van der Waals surface area contributed by atoms with E-state index in [4.69, 9.17) is 27.9 Å². The van der Waals surface area contributed by atoms with Crippen molar-refractivity contribution in [3.8, 4) is 5.75 Å². The molecule has 8 heteroatoms. The third-order valence-electron chi connectivity index (χ3n) is 6.46. The maximum absolute atomic E-state index is 13.7. The highest BCUT2D eigenvalue weighted by Crippen LogP contribution is 2.43. The zero-order chi connectivity index (χ0) is 24.1. The molecule has 2 heterocycles. The first-order valence-corrected chi connectivity index (χ1v) is 12.3. The summed E-state index contributed by atoms with van der Waals surface area (Å²) in [6.07, 6.45) is 3.64. The standard InChI is InChI=1S/C26H24Cl2N2O4/c1-3-4-10-34-22-17-11-19(27)20(28)12-18(17)24(31)29(13-15-8-9-15)23(22)30-25(32)16-7-5-6-14(2)21(16)26(30)33/h5-7,11-12,15H,3-4,8-10,13H2,1-2H3. The average molecular weight is 499 g/mol. The Morgan fingerprint density at radius 3 is 2.38 bits per heavy atom. The number of hydrogen-bond acceptors (Lipinski definition) is 4. The fourth-order valence-corrected chi connectivity index (χ4v) is 4.78. The van der Waals surface area contributed by atoms with Gasteiger partial charge in [0.1, 0.15) is 0 Å². The first kappa shape index (κ1) is 22.9. The molecular weight excluding hydrogens is 475 g/mol. The van der Waals surface area contributed by atoms with Gasteiger partial charge in [0.05, 0.1) is 33.2 Å². The van der Waals surface area contributed by atoms with Crippen LogP contribution in [0.4, 0.5) is 5.82 Å². The van der Waals surface area contributed by atoms with E-state index in [-0.39, 0.29) is 21.4 Å². The number of nitrogens with zero attached hydrogens (tertiary/aromatic N) is 2. The van der Waals surface area contributed by atoms with Crippen molar-refractivity contribution >= 4 is 51.6 Å². The maximum Gasteiger partial charge on any atom is 0.267 e. The van der Waals surface area contributed by atoms with Gasteiger partial charge in [0.25, 0.3) is 17.4 Å². The Morgan fingerprint density at radius 2 is 1.74 bits per heavy atom. The number of pyridine rings is 1. The van der Waals surface area contributed by atoms with E-state index in [1.807, 2.05) is 6.92 Å². The van der Waals surface area contributed by atoms with E-state index in [2.05, 4.69) is 0 Å². The molecule has 34 heavy (non-hydrogen) atoms. The van der Waals surface area contributed by atoms with Crippen molar-refractivity contribution in [3.05, 3.63) is 67.4 Å². The van der Waals surface area contributed by atoms with Crippen LogP contribution in [0.5, 0.6) is 5.75 Å². The second kappa shape index (κ2) is 8.75. The average Bonchev–Trinajstić information content (AvgIpc) is 3.59. The van der Waals surface area contributed by atoms with Crippen LogP contribution in [0.25, 0.3) is 10.8 Å². The van der Waals surface area contributed by atoms with Crippen molar-refractivity contribution in [2.45, 2.75) is 46.1 Å². The van der Waals surface area contributed by atoms with Gasteiger partial charge in [-0.1, -0.05) is 48.7 Å². The molecule has 1 aliphatic carbocycles. The van der Waals surface area contributed by atoms with E-state index in [9.17, 15) is 14.4 Å². The van der Waals surface area contributed by atoms with Crippen molar-refractivity contribution in [2.24, 2.45) is 5.92 Å². The Labute approximate surface area is 207 Å². The molecule has 2 amide bonds. The molecule has 0 atom stereocenters. The molecule has 2 aliphatic rings. The van der Waals surface area contributed by atoms with Crippen LogP contribution in [0.1, 0.15) is 58.9 Å². The highest BCUT2D eigenvalue weighted by Gasteiger charge is 2.42. The van der Waals surface area contributed by atoms with Crippen LogP contribution in [-0.2, 0) is 6.54 Å². The Bertz CT molecular complexity index is 1410. The van der Waals surface area contributed by atoms with Gasteiger partial charge in [-0.25, -0.2) is 4.90 Å². The van der Waals surface area contributed by atoms with Gasteiger partial charge in [0.15, 0.2) is 11.6 Å². The predicted molar refractivity (Wildman–Crippen MR) is 134 cm³/mol. The number of ether oxygens (including phenoxy) is 1. The quantitative estimate of drug-likeness (QED) is 0.295. The van der Waals surface area contributed by atoms with Gasteiger partial charge >= 0.3 is 0 Å². The summed E-state index contributed by atoms with van der Waals surface area (Å²) in [6, 6.07) is 8.30. The van der Waals surface area contributed by atoms with E-state index >= 15 is 0 Å². The molecule has 0 N–H and O–H groups in total. The lowest BCUT2D eigenvalue weighted by molar-refractivity contribution is 0.0921. The second-order valence-electron chi connectivity index (χ2n) is 8.97. The van der Waals surface area contributed by atoms with Crippen LogP contribution in [0.2, 0.25) is 10.0 Å².